The van der Waals surface area contributed by atoms with E-state index in [0.717, 1.165) is 16.0 Å². The number of aryl methyl sites for hydroxylation is 1. The number of hydrogen-bond acceptors (Lipinski definition) is 7. The molecule has 0 radical (unpaired) electrons. The maximum absolute atomic E-state index is 13.6. The summed E-state index contributed by atoms with van der Waals surface area (Å²) >= 11 is 0. The molecule has 1 saturated heterocycles. The quantitative estimate of drug-likeness (QED) is 0.495. The second-order valence-electron chi connectivity index (χ2n) is 8.51. The van der Waals surface area contributed by atoms with Gasteiger partial charge in [0.1, 0.15) is 18.2 Å². The predicted molar refractivity (Wildman–Crippen MR) is 129 cm³/mol. The highest BCUT2D eigenvalue weighted by Crippen LogP contribution is 2.33. The topological polar surface area (TPSA) is 139 Å². The fourth-order valence-electron chi connectivity index (χ4n) is 4.33. The molecule has 0 saturated carbocycles. The van der Waals surface area contributed by atoms with Crippen molar-refractivity contribution in [1.29, 1.82) is 0 Å². The molecular weight excluding hydrogens is 448 g/mol. The number of nitrogens with two attached hydrogens (primary N) is 1. The third kappa shape index (κ3) is 4.70. The number of carbonyl (C=O) groups excluding carboxylic acids is 3. The van der Waals surface area contributed by atoms with Crippen LogP contribution in [-0.4, -0.2) is 55.6 Å². The maximum Gasteiger partial charge on any atom is 0.325 e. The van der Waals surface area contributed by atoms with E-state index < -0.39 is 29.8 Å². The Morgan fingerprint density at radius 1 is 1.23 bits per heavy atom. The molecule has 3 atom stereocenters. The maximum atomic E-state index is 13.6. The molecule has 3 N–H and O–H groups in total. The largest absolute Gasteiger partial charge is 0.384 e. The lowest BCUT2D eigenvalue weighted by Crippen LogP contribution is -2.70. The van der Waals surface area contributed by atoms with Crippen molar-refractivity contribution in [2.45, 2.75) is 31.8 Å². The van der Waals surface area contributed by atoms with Crippen LogP contribution in [-0.2, 0) is 23.1 Å². The SMILES string of the molecule is CCC(NC(=O)N1C(=O)[C@H](Cc2ccnc(N)c2)[C@H]1C(=O)N(C)c1nncn1C)c1ccccc1. The van der Waals surface area contributed by atoms with Gasteiger partial charge < -0.3 is 15.6 Å². The van der Waals surface area contributed by atoms with Crippen LogP contribution >= 0.6 is 0 Å². The van der Waals surface area contributed by atoms with Crippen LogP contribution in [0.25, 0.3) is 0 Å². The number of rotatable bonds is 7. The number of carbonyl (C=O) groups is 3. The average Bonchev–Trinajstić information content (AvgIpc) is 3.29. The molecular formula is C24H28N8O3. The van der Waals surface area contributed by atoms with E-state index in [1.165, 1.54) is 11.2 Å². The van der Waals surface area contributed by atoms with Gasteiger partial charge in [-0.25, -0.2) is 9.78 Å². The first-order valence-corrected chi connectivity index (χ1v) is 11.3. The lowest BCUT2D eigenvalue weighted by Gasteiger charge is -2.45. The molecule has 1 aliphatic heterocycles. The number of benzene rings is 1. The van der Waals surface area contributed by atoms with Crippen molar-refractivity contribution in [3.63, 3.8) is 0 Å². The minimum absolute atomic E-state index is 0.244. The molecule has 0 aliphatic carbocycles. The first-order chi connectivity index (χ1) is 16.8. The zero-order valence-electron chi connectivity index (χ0n) is 19.8. The molecule has 4 rings (SSSR count). The van der Waals surface area contributed by atoms with E-state index in [2.05, 4.69) is 20.5 Å². The molecule has 0 bridgehead atoms. The van der Waals surface area contributed by atoms with Crippen LogP contribution in [0.4, 0.5) is 16.6 Å². The van der Waals surface area contributed by atoms with Crippen LogP contribution in [0.15, 0.2) is 55.0 Å². The van der Waals surface area contributed by atoms with Gasteiger partial charge in [0.15, 0.2) is 0 Å². The van der Waals surface area contributed by atoms with Gasteiger partial charge in [0, 0.05) is 20.3 Å². The van der Waals surface area contributed by atoms with Crippen molar-refractivity contribution < 1.29 is 14.4 Å². The second kappa shape index (κ2) is 9.92. The number of nitrogens with zero attached hydrogens (tertiary/aromatic N) is 6. The van der Waals surface area contributed by atoms with Crippen LogP contribution in [0, 0.1) is 5.92 Å². The first kappa shape index (κ1) is 23.9. The van der Waals surface area contributed by atoms with Crippen LogP contribution in [0.3, 0.4) is 0 Å². The third-order valence-electron chi connectivity index (χ3n) is 6.21. The van der Waals surface area contributed by atoms with Crippen molar-refractivity contribution >= 4 is 29.6 Å². The van der Waals surface area contributed by atoms with Crippen LogP contribution in [0.5, 0.6) is 0 Å². The van der Waals surface area contributed by atoms with Crippen molar-refractivity contribution in [3.05, 3.63) is 66.1 Å². The number of β-lactam (4-membered cyclic amide) rings is 1. The molecule has 1 unspecified atom stereocenters. The van der Waals surface area contributed by atoms with Gasteiger partial charge in [0.25, 0.3) is 5.91 Å². The first-order valence-electron chi connectivity index (χ1n) is 11.3. The number of urea groups is 1. The smallest absolute Gasteiger partial charge is 0.325 e. The van der Waals surface area contributed by atoms with Crippen molar-refractivity contribution in [3.8, 4) is 0 Å². The lowest BCUT2D eigenvalue weighted by molar-refractivity contribution is -0.156. The fraction of sp³-hybridized carbons (Fsp3) is 0.333. The number of hydrogen-bond donors (Lipinski definition) is 2. The van der Waals surface area contributed by atoms with Crippen LogP contribution in [0.1, 0.15) is 30.5 Å². The number of imide groups is 1. The summed E-state index contributed by atoms with van der Waals surface area (Å²) in [7, 11) is 3.25. The van der Waals surface area contributed by atoms with E-state index in [1.807, 2.05) is 37.3 Å². The molecule has 1 aliphatic rings. The summed E-state index contributed by atoms with van der Waals surface area (Å²) in [5.74, 6) is -0.974. The number of anilines is 2. The Kier molecular flexibility index (Phi) is 6.76. The highest BCUT2D eigenvalue weighted by Gasteiger charge is 2.55. The number of likely N-dealkylation sites (N-methyl/N-ethyl adjacent to an activating group) is 1. The Balaban J connectivity index is 1.60. The third-order valence-corrected chi connectivity index (χ3v) is 6.21. The Labute approximate surface area is 202 Å². The molecule has 1 aromatic carbocycles. The molecule has 0 spiro atoms. The zero-order valence-corrected chi connectivity index (χ0v) is 19.8. The summed E-state index contributed by atoms with van der Waals surface area (Å²) in [6.07, 6.45) is 3.88. The average molecular weight is 477 g/mol. The Morgan fingerprint density at radius 2 is 1.97 bits per heavy atom. The van der Waals surface area contributed by atoms with Gasteiger partial charge in [0.2, 0.25) is 11.9 Å². The summed E-state index contributed by atoms with van der Waals surface area (Å²) in [4.78, 5) is 46.3. The summed E-state index contributed by atoms with van der Waals surface area (Å²) in [5.41, 5.74) is 7.46. The number of pyridine rings is 1. The van der Waals surface area contributed by atoms with Gasteiger partial charge in [-0.3, -0.25) is 19.4 Å². The molecule has 182 valence electrons. The Bertz CT molecular complexity index is 1230. The fourth-order valence-corrected chi connectivity index (χ4v) is 4.33. The van der Waals surface area contributed by atoms with E-state index >= 15 is 0 Å². The summed E-state index contributed by atoms with van der Waals surface area (Å²) in [6, 6.07) is 11.0. The van der Waals surface area contributed by atoms with E-state index in [-0.39, 0.29) is 12.5 Å². The van der Waals surface area contributed by atoms with Gasteiger partial charge in [-0.2, -0.15) is 0 Å². The molecule has 11 nitrogen and oxygen atoms in total. The normalized spacial score (nSPS) is 18.0. The molecule has 4 amide bonds. The Morgan fingerprint density at radius 3 is 2.60 bits per heavy atom. The lowest BCUT2D eigenvalue weighted by atomic mass is 9.81. The van der Waals surface area contributed by atoms with Gasteiger partial charge >= 0.3 is 6.03 Å². The second-order valence-corrected chi connectivity index (χ2v) is 8.51. The van der Waals surface area contributed by atoms with Gasteiger partial charge in [-0.05, 0) is 36.1 Å². The number of nitrogens with one attached hydrogen (secondary N) is 1. The van der Waals surface area contributed by atoms with Crippen molar-refractivity contribution in [2.75, 3.05) is 17.7 Å². The monoisotopic (exact) mass is 476 g/mol. The van der Waals surface area contributed by atoms with Crippen LogP contribution in [0.2, 0.25) is 0 Å². The van der Waals surface area contributed by atoms with E-state index in [4.69, 9.17) is 5.73 Å². The zero-order chi connectivity index (χ0) is 25.1. The van der Waals surface area contributed by atoms with E-state index in [9.17, 15) is 14.4 Å². The van der Waals surface area contributed by atoms with E-state index in [0.29, 0.717) is 18.2 Å². The number of amides is 4. The predicted octanol–water partition coefficient (Wildman–Crippen LogP) is 1.69. The highest BCUT2D eigenvalue weighted by atomic mass is 16.2. The van der Waals surface area contributed by atoms with Gasteiger partial charge in [0.05, 0.1) is 12.0 Å². The minimum atomic E-state index is -1.01. The van der Waals surface area contributed by atoms with Crippen molar-refractivity contribution in [1.82, 2.24) is 30.0 Å². The summed E-state index contributed by atoms with van der Waals surface area (Å²) in [6.45, 7) is 1.94. The molecule has 3 heterocycles. The summed E-state index contributed by atoms with van der Waals surface area (Å²) in [5, 5.41) is 10.7. The van der Waals surface area contributed by atoms with Gasteiger partial charge in [-0.15, -0.1) is 10.2 Å². The molecule has 3 aromatic rings. The van der Waals surface area contributed by atoms with Gasteiger partial charge in [-0.1, -0.05) is 37.3 Å². The van der Waals surface area contributed by atoms with Crippen LogP contribution < -0.4 is 16.0 Å². The molecule has 1 fully saturated rings. The summed E-state index contributed by atoms with van der Waals surface area (Å²) < 4.78 is 1.59. The number of aromatic nitrogens is 4. The highest BCUT2D eigenvalue weighted by molar-refractivity contribution is 6.12. The Hall–Kier alpha value is -4.28. The minimum Gasteiger partial charge on any atom is -0.384 e. The van der Waals surface area contributed by atoms with E-state index in [1.54, 1.807) is 37.0 Å². The molecule has 35 heavy (non-hydrogen) atoms. The number of nitrogen functional groups attached to an aromatic ring is 1. The molecule has 11 heteroatoms. The van der Waals surface area contributed by atoms with Crippen molar-refractivity contribution in [2.24, 2.45) is 13.0 Å². The number of likely N-dealkylation sites (tertiary alicyclic amines) is 1. The molecule has 2 aromatic heterocycles. The standard InChI is InChI=1S/C24H28N8O3/c1-4-18(16-8-6-5-7-9-16)28-24(35)32-20(22(34)31(3)23-29-27-14-30(23)2)17(21(32)33)12-15-10-11-26-19(25)13-15/h5-11,13-14,17-18,20H,4,12H2,1-3H3,(H2,25,26)(H,28,35)/t17-,18?,20+/m1/s1.